The SMILES string of the molecule is Cc1ccc(C#N)c(N2CCCC(NS(=O)(=O)C3CC3)C2)n1. The van der Waals surface area contributed by atoms with Crippen LogP contribution in [-0.4, -0.2) is 37.8 Å². The van der Waals surface area contributed by atoms with Crippen LogP contribution in [0.25, 0.3) is 0 Å². The summed E-state index contributed by atoms with van der Waals surface area (Å²) in [6.45, 7) is 3.26. The Hall–Kier alpha value is -1.65. The number of pyridine rings is 1. The Morgan fingerprint density at radius 1 is 1.36 bits per heavy atom. The van der Waals surface area contributed by atoms with E-state index in [0.717, 1.165) is 37.9 Å². The highest BCUT2D eigenvalue weighted by Crippen LogP contribution is 2.29. The van der Waals surface area contributed by atoms with Gasteiger partial charge in [0.15, 0.2) is 0 Å². The van der Waals surface area contributed by atoms with Crippen LogP contribution in [0.4, 0.5) is 5.82 Å². The summed E-state index contributed by atoms with van der Waals surface area (Å²) in [6, 6.07) is 5.66. The fraction of sp³-hybridized carbons (Fsp3) is 0.600. The lowest BCUT2D eigenvalue weighted by Gasteiger charge is -2.34. The number of hydrogen-bond donors (Lipinski definition) is 1. The van der Waals surface area contributed by atoms with Gasteiger partial charge in [-0.2, -0.15) is 5.26 Å². The number of anilines is 1. The van der Waals surface area contributed by atoms with Gasteiger partial charge in [0, 0.05) is 24.8 Å². The maximum Gasteiger partial charge on any atom is 0.214 e. The van der Waals surface area contributed by atoms with Crippen LogP contribution >= 0.6 is 0 Å². The minimum atomic E-state index is -3.18. The molecule has 2 heterocycles. The van der Waals surface area contributed by atoms with Crippen molar-refractivity contribution in [1.82, 2.24) is 9.71 Å². The fourth-order valence-corrected chi connectivity index (χ4v) is 4.45. The Labute approximate surface area is 131 Å². The quantitative estimate of drug-likeness (QED) is 0.904. The maximum atomic E-state index is 12.1. The number of nitrogens with one attached hydrogen (secondary N) is 1. The molecule has 1 atom stereocenters. The average Bonchev–Trinajstić information content (AvgIpc) is 3.32. The topological polar surface area (TPSA) is 86.1 Å². The zero-order valence-electron chi connectivity index (χ0n) is 12.6. The Kier molecular flexibility index (Phi) is 4.06. The molecule has 3 rings (SSSR count). The van der Waals surface area contributed by atoms with Gasteiger partial charge in [-0.1, -0.05) is 0 Å². The van der Waals surface area contributed by atoms with Crippen LogP contribution in [0.15, 0.2) is 12.1 Å². The van der Waals surface area contributed by atoms with Crippen molar-refractivity contribution in [2.75, 3.05) is 18.0 Å². The van der Waals surface area contributed by atoms with E-state index in [1.165, 1.54) is 0 Å². The van der Waals surface area contributed by atoms with Crippen molar-refractivity contribution in [1.29, 1.82) is 5.26 Å². The highest BCUT2D eigenvalue weighted by Gasteiger charge is 2.37. The lowest BCUT2D eigenvalue weighted by Crippen LogP contribution is -2.49. The predicted molar refractivity (Wildman–Crippen MR) is 84.0 cm³/mol. The molecule has 0 spiro atoms. The highest BCUT2D eigenvalue weighted by atomic mass is 32.2. The third kappa shape index (κ3) is 3.23. The highest BCUT2D eigenvalue weighted by molar-refractivity contribution is 7.90. The second-order valence-corrected chi connectivity index (χ2v) is 8.08. The Balaban J connectivity index is 1.76. The van der Waals surface area contributed by atoms with Gasteiger partial charge < -0.3 is 4.90 Å². The van der Waals surface area contributed by atoms with Crippen LogP contribution < -0.4 is 9.62 Å². The monoisotopic (exact) mass is 320 g/mol. The first-order valence-corrected chi connectivity index (χ1v) is 9.18. The van der Waals surface area contributed by atoms with Crippen LogP contribution in [-0.2, 0) is 10.0 Å². The summed E-state index contributed by atoms with van der Waals surface area (Å²) in [4.78, 5) is 6.50. The Morgan fingerprint density at radius 3 is 2.82 bits per heavy atom. The van der Waals surface area contributed by atoms with Crippen molar-refractivity contribution in [3.63, 3.8) is 0 Å². The van der Waals surface area contributed by atoms with Gasteiger partial charge in [-0.25, -0.2) is 18.1 Å². The van der Waals surface area contributed by atoms with E-state index in [1.807, 2.05) is 17.9 Å². The second kappa shape index (κ2) is 5.86. The first kappa shape index (κ1) is 15.3. The lowest BCUT2D eigenvalue weighted by atomic mass is 10.1. The molecule has 1 aromatic rings. The summed E-state index contributed by atoms with van der Waals surface area (Å²) >= 11 is 0. The van der Waals surface area contributed by atoms with Crippen molar-refractivity contribution in [3.8, 4) is 6.07 Å². The van der Waals surface area contributed by atoms with Crippen molar-refractivity contribution in [2.45, 2.75) is 43.9 Å². The number of aryl methyl sites for hydroxylation is 1. The van der Waals surface area contributed by atoms with E-state index in [2.05, 4.69) is 15.8 Å². The molecule has 1 unspecified atom stereocenters. The number of rotatable bonds is 4. The van der Waals surface area contributed by atoms with E-state index in [-0.39, 0.29) is 11.3 Å². The molecular formula is C15H20N4O2S. The number of piperidine rings is 1. The summed E-state index contributed by atoms with van der Waals surface area (Å²) in [5.41, 5.74) is 1.39. The van der Waals surface area contributed by atoms with Crippen molar-refractivity contribution in [3.05, 3.63) is 23.4 Å². The number of aromatic nitrogens is 1. The summed E-state index contributed by atoms with van der Waals surface area (Å²) in [6.07, 6.45) is 3.25. The van der Waals surface area contributed by atoms with Crippen molar-refractivity contribution < 1.29 is 8.42 Å². The fourth-order valence-electron chi connectivity index (χ4n) is 2.84. The molecule has 0 radical (unpaired) electrons. The van der Waals surface area contributed by atoms with Gasteiger partial charge in [0.2, 0.25) is 10.0 Å². The standard InChI is InChI=1S/C15H20N4O2S/c1-11-4-5-12(9-16)15(17-11)19-8-2-3-13(10-19)18-22(20,21)14-6-7-14/h4-5,13-14,18H,2-3,6-8,10H2,1H3. The van der Waals surface area contributed by atoms with Gasteiger partial charge in [-0.15, -0.1) is 0 Å². The van der Waals surface area contributed by atoms with Crippen LogP contribution in [0.1, 0.15) is 36.9 Å². The lowest BCUT2D eigenvalue weighted by molar-refractivity contribution is 0.463. The van der Waals surface area contributed by atoms with Crippen molar-refractivity contribution in [2.24, 2.45) is 0 Å². The molecule has 1 saturated heterocycles. The van der Waals surface area contributed by atoms with Gasteiger partial charge in [0.25, 0.3) is 0 Å². The van der Waals surface area contributed by atoms with Crippen LogP contribution in [0.2, 0.25) is 0 Å². The van der Waals surface area contributed by atoms with Crippen LogP contribution in [0, 0.1) is 18.3 Å². The van der Waals surface area contributed by atoms with Crippen molar-refractivity contribution >= 4 is 15.8 Å². The molecule has 1 aromatic heterocycles. The summed E-state index contributed by atoms with van der Waals surface area (Å²) in [7, 11) is -3.18. The minimum Gasteiger partial charge on any atom is -0.354 e. The summed E-state index contributed by atoms with van der Waals surface area (Å²) < 4.78 is 27.0. The molecule has 1 N–H and O–H groups in total. The van der Waals surface area contributed by atoms with Gasteiger partial charge >= 0.3 is 0 Å². The van der Waals surface area contributed by atoms with E-state index in [4.69, 9.17) is 0 Å². The second-order valence-electron chi connectivity index (χ2n) is 6.08. The molecule has 0 aromatic carbocycles. The summed E-state index contributed by atoms with van der Waals surface area (Å²) in [5, 5.41) is 9.05. The Bertz CT molecular complexity index is 707. The minimum absolute atomic E-state index is 0.104. The van der Waals surface area contributed by atoms with Gasteiger partial charge in [0.1, 0.15) is 11.9 Å². The molecule has 7 heteroatoms. The molecule has 118 valence electrons. The van der Waals surface area contributed by atoms with Gasteiger partial charge in [-0.3, -0.25) is 0 Å². The molecule has 1 aliphatic carbocycles. The molecule has 22 heavy (non-hydrogen) atoms. The van der Waals surface area contributed by atoms with Crippen LogP contribution in [0.5, 0.6) is 0 Å². The average molecular weight is 320 g/mol. The largest absolute Gasteiger partial charge is 0.354 e. The molecule has 2 fully saturated rings. The summed E-state index contributed by atoms with van der Waals surface area (Å²) in [5.74, 6) is 0.665. The third-order valence-electron chi connectivity index (χ3n) is 4.15. The number of nitriles is 1. The van der Waals surface area contributed by atoms with E-state index in [0.29, 0.717) is 17.9 Å². The first-order chi connectivity index (χ1) is 10.5. The van der Waals surface area contributed by atoms with Gasteiger partial charge in [-0.05, 0) is 44.7 Å². The maximum absolute atomic E-state index is 12.1. The van der Waals surface area contributed by atoms with Crippen LogP contribution in [0.3, 0.4) is 0 Å². The Morgan fingerprint density at radius 2 is 2.14 bits per heavy atom. The molecule has 1 saturated carbocycles. The molecular weight excluding hydrogens is 300 g/mol. The molecule has 2 aliphatic rings. The number of sulfonamides is 1. The van der Waals surface area contributed by atoms with E-state index in [1.54, 1.807) is 6.07 Å². The molecule has 0 bridgehead atoms. The smallest absolute Gasteiger partial charge is 0.214 e. The normalized spacial score (nSPS) is 22.4. The molecule has 0 amide bonds. The third-order valence-corrected chi connectivity index (χ3v) is 6.16. The first-order valence-electron chi connectivity index (χ1n) is 7.63. The number of hydrogen-bond acceptors (Lipinski definition) is 5. The zero-order valence-corrected chi connectivity index (χ0v) is 13.4. The van der Waals surface area contributed by atoms with E-state index in [9.17, 15) is 13.7 Å². The van der Waals surface area contributed by atoms with Gasteiger partial charge in [0.05, 0.1) is 10.8 Å². The molecule has 1 aliphatic heterocycles. The predicted octanol–water partition coefficient (Wildman–Crippen LogP) is 1.31. The number of nitrogens with zero attached hydrogens (tertiary/aromatic N) is 3. The zero-order chi connectivity index (χ0) is 15.7. The van der Waals surface area contributed by atoms with E-state index >= 15 is 0 Å². The van der Waals surface area contributed by atoms with E-state index < -0.39 is 10.0 Å². The molecule has 6 nitrogen and oxygen atoms in total.